The quantitative estimate of drug-likeness (QED) is 0.551. The van der Waals surface area contributed by atoms with E-state index in [1.807, 2.05) is 35.2 Å². The minimum atomic E-state index is -0.00803. The molecule has 1 amide bonds. The normalized spacial score (nSPS) is 15.8. The van der Waals surface area contributed by atoms with Crippen LogP contribution in [0, 0.1) is 0 Å². The first kappa shape index (κ1) is 20.0. The second kappa shape index (κ2) is 8.28. The number of ether oxygens (including phenoxy) is 3. The molecule has 31 heavy (non-hydrogen) atoms. The number of benzene rings is 2. The molecule has 160 valence electrons. The van der Waals surface area contributed by atoms with Gasteiger partial charge in [-0.15, -0.1) is 0 Å². The lowest BCUT2D eigenvalue weighted by Gasteiger charge is -2.34. The summed E-state index contributed by atoms with van der Waals surface area (Å²) in [6, 6.07) is 9.29. The number of methoxy groups -OCH3 is 1. The van der Waals surface area contributed by atoms with Gasteiger partial charge in [0.1, 0.15) is 11.3 Å². The van der Waals surface area contributed by atoms with Crippen LogP contribution in [0.5, 0.6) is 17.2 Å². The van der Waals surface area contributed by atoms with E-state index in [1.165, 1.54) is 0 Å². The number of thiazole rings is 1. The minimum absolute atomic E-state index is 0.00803. The minimum Gasteiger partial charge on any atom is -0.494 e. The van der Waals surface area contributed by atoms with Gasteiger partial charge in [0.15, 0.2) is 16.6 Å². The number of aromatic nitrogens is 1. The molecule has 0 unspecified atom stereocenters. The van der Waals surface area contributed by atoms with Crippen molar-refractivity contribution >= 4 is 50.3 Å². The molecule has 2 aromatic carbocycles. The van der Waals surface area contributed by atoms with Crippen molar-refractivity contribution in [2.45, 2.75) is 0 Å². The van der Waals surface area contributed by atoms with E-state index in [1.54, 1.807) is 30.6 Å². The Morgan fingerprint density at radius 3 is 2.77 bits per heavy atom. The van der Waals surface area contributed by atoms with Crippen LogP contribution in [0.1, 0.15) is 5.56 Å². The number of halogens is 1. The molecule has 0 spiro atoms. The lowest BCUT2D eigenvalue weighted by Crippen LogP contribution is -2.48. The summed E-state index contributed by atoms with van der Waals surface area (Å²) in [5.74, 6) is 2.14. The highest BCUT2D eigenvalue weighted by atomic mass is 35.5. The maximum absolute atomic E-state index is 12.6. The SMILES string of the molecule is COc1ccc(Cl)c2sc(N3CCN(C(=O)/C=C\c4ccc5c(c4)OCO5)CC3)nc12. The van der Waals surface area contributed by atoms with Crippen molar-refractivity contribution in [1.29, 1.82) is 0 Å². The van der Waals surface area contributed by atoms with Crippen LogP contribution in [-0.4, -0.2) is 55.9 Å². The second-order valence-corrected chi connectivity index (χ2v) is 8.57. The second-order valence-electron chi connectivity index (χ2n) is 7.18. The van der Waals surface area contributed by atoms with Gasteiger partial charge in [0.05, 0.1) is 16.8 Å². The van der Waals surface area contributed by atoms with Crippen LogP contribution in [-0.2, 0) is 4.79 Å². The predicted molar refractivity (Wildman–Crippen MR) is 122 cm³/mol. The molecule has 3 heterocycles. The Morgan fingerprint density at radius 1 is 1.16 bits per heavy atom. The van der Waals surface area contributed by atoms with Gasteiger partial charge in [-0.3, -0.25) is 4.79 Å². The maximum atomic E-state index is 12.6. The summed E-state index contributed by atoms with van der Waals surface area (Å²) in [6.45, 7) is 2.92. The summed E-state index contributed by atoms with van der Waals surface area (Å²) in [5, 5.41) is 1.56. The molecule has 3 aromatic rings. The average Bonchev–Trinajstić information content (AvgIpc) is 3.45. The van der Waals surface area contributed by atoms with Crippen LogP contribution in [0.3, 0.4) is 0 Å². The topological polar surface area (TPSA) is 64.1 Å². The average molecular weight is 458 g/mol. The third kappa shape index (κ3) is 3.88. The smallest absolute Gasteiger partial charge is 0.246 e. The van der Waals surface area contributed by atoms with E-state index >= 15 is 0 Å². The van der Waals surface area contributed by atoms with E-state index in [4.69, 9.17) is 30.8 Å². The molecule has 1 aromatic heterocycles. The number of anilines is 1. The van der Waals surface area contributed by atoms with Crippen molar-refractivity contribution in [2.75, 3.05) is 45.0 Å². The molecule has 0 bridgehead atoms. The molecular formula is C22H20ClN3O4S. The Kier molecular flexibility index (Phi) is 5.33. The van der Waals surface area contributed by atoms with Crippen molar-refractivity contribution in [3.63, 3.8) is 0 Å². The van der Waals surface area contributed by atoms with E-state index < -0.39 is 0 Å². The number of nitrogens with zero attached hydrogens (tertiary/aromatic N) is 3. The standard InChI is InChI=1S/C22H20ClN3O4S/c1-28-17-6-4-15(23)21-20(17)24-22(31-21)26-10-8-25(9-11-26)19(27)7-3-14-2-5-16-18(12-14)30-13-29-16/h2-7,12H,8-11,13H2,1H3/b7-3-. The van der Waals surface area contributed by atoms with Crippen LogP contribution < -0.4 is 19.1 Å². The number of hydrogen-bond acceptors (Lipinski definition) is 7. The maximum Gasteiger partial charge on any atom is 0.246 e. The van der Waals surface area contributed by atoms with Crippen molar-refractivity contribution in [2.24, 2.45) is 0 Å². The number of piperazine rings is 1. The largest absolute Gasteiger partial charge is 0.494 e. The fraction of sp³-hybridized carbons (Fsp3) is 0.273. The Hall–Kier alpha value is -2.97. The Balaban J connectivity index is 1.23. The van der Waals surface area contributed by atoms with Crippen LogP contribution in [0.4, 0.5) is 5.13 Å². The molecule has 0 N–H and O–H groups in total. The first-order valence-corrected chi connectivity index (χ1v) is 11.1. The van der Waals surface area contributed by atoms with Gasteiger partial charge in [0.2, 0.25) is 12.7 Å². The van der Waals surface area contributed by atoms with Crippen LogP contribution in [0.25, 0.3) is 16.3 Å². The zero-order valence-corrected chi connectivity index (χ0v) is 18.4. The molecular weight excluding hydrogens is 438 g/mol. The van der Waals surface area contributed by atoms with Gasteiger partial charge >= 0.3 is 0 Å². The molecule has 0 atom stereocenters. The summed E-state index contributed by atoms with van der Waals surface area (Å²) < 4.78 is 17.0. The highest BCUT2D eigenvalue weighted by Crippen LogP contribution is 2.39. The summed E-state index contributed by atoms with van der Waals surface area (Å²) in [5.41, 5.74) is 1.68. The number of hydrogen-bond donors (Lipinski definition) is 0. The molecule has 0 radical (unpaired) electrons. The zero-order valence-electron chi connectivity index (χ0n) is 16.8. The van der Waals surface area contributed by atoms with E-state index in [2.05, 4.69) is 4.90 Å². The molecule has 7 nitrogen and oxygen atoms in total. The van der Waals surface area contributed by atoms with Gasteiger partial charge in [-0.25, -0.2) is 4.98 Å². The number of carbonyl (C=O) groups excluding carboxylic acids is 1. The van der Waals surface area contributed by atoms with E-state index in [-0.39, 0.29) is 12.7 Å². The Morgan fingerprint density at radius 2 is 1.97 bits per heavy atom. The lowest BCUT2D eigenvalue weighted by molar-refractivity contribution is -0.126. The molecule has 1 saturated heterocycles. The van der Waals surface area contributed by atoms with Crippen molar-refractivity contribution < 1.29 is 19.0 Å². The van der Waals surface area contributed by atoms with Gasteiger partial charge in [-0.05, 0) is 35.9 Å². The number of rotatable bonds is 4. The predicted octanol–water partition coefficient (Wildman–Crippen LogP) is 4.05. The summed E-state index contributed by atoms with van der Waals surface area (Å²) in [6.07, 6.45) is 3.41. The van der Waals surface area contributed by atoms with Crippen molar-refractivity contribution in [3.05, 3.63) is 47.0 Å². The van der Waals surface area contributed by atoms with Crippen LogP contribution in [0.15, 0.2) is 36.4 Å². The van der Waals surface area contributed by atoms with Crippen molar-refractivity contribution in [1.82, 2.24) is 9.88 Å². The van der Waals surface area contributed by atoms with Gasteiger partial charge < -0.3 is 24.0 Å². The lowest BCUT2D eigenvalue weighted by atomic mass is 10.2. The zero-order chi connectivity index (χ0) is 21.4. The van der Waals surface area contributed by atoms with E-state index in [0.29, 0.717) is 42.7 Å². The highest BCUT2D eigenvalue weighted by molar-refractivity contribution is 7.22. The first-order valence-electron chi connectivity index (χ1n) is 9.87. The molecule has 2 aliphatic heterocycles. The monoisotopic (exact) mass is 457 g/mol. The Labute approximate surface area is 188 Å². The molecule has 0 saturated carbocycles. The number of carbonyl (C=O) groups is 1. The van der Waals surface area contributed by atoms with E-state index in [9.17, 15) is 4.79 Å². The summed E-state index contributed by atoms with van der Waals surface area (Å²) in [7, 11) is 1.63. The molecule has 9 heteroatoms. The molecule has 0 aliphatic carbocycles. The number of fused-ring (bicyclic) bond motifs is 2. The van der Waals surface area contributed by atoms with Crippen LogP contribution in [0.2, 0.25) is 5.02 Å². The third-order valence-corrected chi connectivity index (χ3v) is 6.92. The van der Waals surface area contributed by atoms with Gasteiger partial charge in [-0.1, -0.05) is 29.0 Å². The van der Waals surface area contributed by atoms with Crippen molar-refractivity contribution in [3.8, 4) is 17.2 Å². The van der Waals surface area contributed by atoms with Gasteiger partial charge in [0.25, 0.3) is 0 Å². The van der Waals surface area contributed by atoms with Crippen LogP contribution >= 0.6 is 22.9 Å². The fourth-order valence-electron chi connectivity index (χ4n) is 3.65. The van der Waals surface area contributed by atoms with Gasteiger partial charge in [0, 0.05) is 32.3 Å². The summed E-state index contributed by atoms with van der Waals surface area (Å²) >= 11 is 7.89. The molecule has 2 aliphatic rings. The molecule has 5 rings (SSSR count). The van der Waals surface area contributed by atoms with Gasteiger partial charge in [-0.2, -0.15) is 0 Å². The molecule has 1 fully saturated rings. The number of amides is 1. The fourth-order valence-corrected chi connectivity index (χ4v) is 4.96. The van der Waals surface area contributed by atoms with E-state index in [0.717, 1.165) is 26.7 Å². The highest BCUT2D eigenvalue weighted by Gasteiger charge is 2.23. The third-order valence-electron chi connectivity index (χ3n) is 5.34. The first-order chi connectivity index (χ1) is 15.1. The Bertz CT molecular complexity index is 1170. The summed E-state index contributed by atoms with van der Waals surface area (Å²) in [4.78, 5) is 21.4.